The van der Waals surface area contributed by atoms with Gasteiger partial charge in [0, 0.05) is 21.3 Å². The van der Waals surface area contributed by atoms with Crippen LogP contribution in [0.2, 0.25) is 0 Å². The lowest BCUT2D eigenvalue weighted by molar-refractivity contribution is 1.05. The number of aromatic nitrogens is 1. The van der Waals surface area contributed by atoms with Gasteiger partial charge in [0.1, 0.15) is 5.03 Å². The largest absolute Gasteiger partial charge is 0.326 e. The van der Waals surface area contributed by atoms with Gasteiger partial charge in [-0.25, -0.2) is 4.98 Å². The van der Waals surface area contributed by atoms with E-state index in [-0.39, 0.29) is 0 Å². The lowest BCUT2D eigenvalue weighted by Gasteiger charge is -2.08. The van der Waals surface area contributed by atoms with Crippen LogP contribution in [-0.4, -0.2) is 4.98 Å². The fourth-order valence-electron chi connectivity index (χ4n) is 2.08. The van der Waals surface area contributed by atoms with Crippen LogP contribution in [0, 0.1) is 0 Å². The van der Waals surface area contributed by atoms with Gasteiger partial charge in [-0.05, 0) is 45.8 Å². The number of halogens is 1. The van der Waals surface area contributed by atoms with Gasteiger partial charge < -0.3 is 5.73 Å². The highest BCUT2D eigenvalue weighted by Gasteiger charge is 2.07. The number of nitrogens with zero attached hydrogens (tertiary/aromatic N) is 1. The van der Waals surface area contributed by atoms with Crippen LogP contribution in [0.1, 0.15) is 5.56 Å². The van der Waals surface area contributed by atoms with Gasteiger partial charge in [0.25, 0.3) is 0 Å². The number of pyridine rings is 1. The van der Waals surface area contributed by atoms with Gasteiger partial charge in [0.2, 0.25) is 0 Å². The molecule has 0 saturated heterocycles. The van der Waals surface area contributed by atoms with E-state index in [4.69, 9.17) is 10.7 Å². The highest BCUT2D eigenvalue weighted by molar-refractivity contribution is 9.10. The third-order valence-electron chi connectivity index (χ3n) is 3.05. The number of hydrogen-bond acceptors (Lipinski definition) is 3. The molecule has 20 heavy (non-hydrogen) atoms. The zero-order valence-corrected chi connectivity index (χ0v) is 13.1. The molecular weight excluding hydrogens is 332 g/mol. The molecule has 0 unspecified atom stereocenters. The van der Waals surface area contributed by atoms with E-state index in [9.17, 15) is 0 Å². The molecule has 2 N–H and O–H groups in total. The maximum Gasteiger partial charge on any atom is 0.102 e. The molecule has 0 aliphatic rings. The molecule has 0 aliphatic heterocycles. The summed E-state index contributed by atoms with van der Waals surface area (Å²) in [7, 11) is 0. The summed E-state index contributed by atoms with van der Waals surface area (Å²) in [4.78, 5) is 5.86. The standard InChI is InChI=1S/C16H13BrN2S/c17-13-6-2-4-8-15(13)20-16-9-11(10-18)12-5-1-3-7-14(12)19-16/h1-9H,10,18H2. The smallest absolute Gasteiger partial charge is 0.102 e. The first-order valence-electron chi connectivity index (χ1n) is 6.29. The van der Waals surface area contributed by atoms with Crippen LogP contribution in [0.3, 0.4) is 0 Å². The Hall–Kier alpha value is -1.36. The Bertz CT molecular complexity index is 758. The quantitative estimate of drug-likeness (QED) is 0.754. The van der Waals surface area contributed by atoms with Gasteiger partial charge in [-0.15, -0.1) is 0 Å². The van der Waals surface area contributed by atoms with Crippen LogP contribution in [0.15, 0.2) is 69.0 Å². The van der Waals surface area contributed by atoms with E-state index in [1.807, 2.05) is 36.4 Å². The molecule has 2 aromatic carbocycles. The topological polar surface area (TPSA) is 38.9 Å². The predicted molar refractivity (Wildman–Crippen MR) is 87.9 cm³/mol. The van der Waals surface area contributed by atoms with Crippen LogP contribution in [0.5, 0.6) is 0 Å². The van der Waals surface area contributed by atoms with Crippen LogP contribution < -0.4 is 5.73 Å². The summed E-state index contributed by atoms with van der Waals surface area (Å²) in [5.74, 6) is 0. The third kappa shape index (κ3) is 2.73. The van der Waals surface area contributed by atoms with Crippen molar-refractivity contribution in [1.29, 1.82) is 0 Å². The van der Waals surface area contributed by atoms with E-state index in [0.717, 1.165) is 30.9 Å². The Morgan fingerprint density at radius 2 is 1.80 bits per heavy atom. The third-order valence-corrected chi connectivity index (χ3v) is 5.00. The Balaban J connectivity index is 2.06. The molecule has 0 saturated carbocycles. The summed E-state index contributed by atoms with van der Waals surface area (Å²) in [5.41, 5.74) is 7.98. The fourth-order valence-corrected chi connectivity index (χ4v) is 3.49. The molecule has 2 nitrogen and oxygen atoms in total. The first-order chi connectivity index (χ1) is 9.78. The average Bonchev–Trinajstić information content (AvgIpc) is 2.49. The van der Waals surface area contributed by atoms with Gasteiger partial charge >= 0.3 is 0 Å². The van der Waals surface area contributed by atoms with E-state index in [1.54, 1.807) is 11.8 Å². The molecule has 3 rings (SSSR count). The van der Waals surface area contributed by atoms with Gasteiger partial charge in [-0.2, -0.15) is 0 Å². The average molecular weight is 345 g/mol. The van der Waals surface area contributed by atoms with Crippen molar-refractivity contribution in [3.05, 3.63) is 64.6 Å². The molecule has 0 amide bonds. The molecule has 0 spiro atoms. The highest BCUT2D eigenvalue weighted by Crippen LogP contribution is 2.33. The normalized spacial score (nSPS) is 10.9. The second kappa shape index (κ2) is 5.95. The van der Waals surface area contributed by atoms with Crippen molar-refractivity contribution in [1.82, 2.24) is 4.98 Å². The Labute approximate surface area is 130 Å². The maximum atomic E-state index is 5.86. The molecule has 1 heterocycles. The second-order valence-electron chi connectivity index (χ2n) is 4.37. The lowest BCUT2D eigenvalue weighted by atomic mass is 10.1. The monoisotopic (exact) mass is 344 g/mol. The predicted octanol–water partition coefficient (Wildman–Crippen LogP) is 4.61. The van der Waals surface area contributed by atoms with Crippen LogP contribution in [0.4, 0.5) is 0 Å². The van der Waals surface area contributed by atoms with E-state index in [0.29, 0.717) is 6.54 Å². The maximum absolute atomic E-state index is 5.86. The van der Waals surface area contributed by atoms with Crippen LogP contribution >= 0.6 is 27.7 Å². The van der Waals surface area contributed by atoms with Crippen LogP contribution in [-0.2, 0) is 6.54 Å². The molecule has 0 bridgehead atoms. The van der Waals surface area contributed by atoms with Crippen molar-refractivity contribution in [3.8, 4) is 0 Å². The van der Waals surface area contributed by atoms with E-state index in [2.05, 4.69) is 34.1 Å². The van der Waals surface area contributed by atoms with Gasteiger partial charge in [-0.1, -0.05) is 42.1 Å². The van der Waals surface area contributed by atoms with Gasteiger partial charge in [0.05, 0.1) is 5.52 Å². The Kier molecular flexibility index (Phi) is 4.05. The zero-order valence-electron chi connectivity index (χ0n) is 10.7. The Morgan fingerprint density at radius 3 is 2.60 bits per heavy atom. The molecule has 3 aromatic rings. The van der Waals surface area contributed by atoms with Crippen molar-refractivity contribution < 1.29 is 0 Å². The molecule has 0 aliphatic carbocycles. The molecular formula is C16H13BrN2S. The molecule has 0 radical (unpaired) electrons. The molecule has 0 atom stereocenters. The molecule has 100 valence electrons. The summed E-state index contributed by atoms with van der Waals surface area (Å²) in [6.45, 7) is 0.520. The zero-order chi connectivity index (χ0) is 13.9. The molecule has 0 fully saturated rings. The number of hydrogen-bond donors (Lipinski definition) is 1. The van der Waals surface area contributed by atoms with Gasteiger partial charge in [-0.3, -0.25) is 0 Å². The second-order valence-corrected chi connectivity index (χ2v) is 6.29. The lowest BCUT2D eigenvalue weighted by Crippen LogP contribution is -1.99. The number of benzene rings is 2. The SMILES string of the molecule is NCc1cc(Sc2ccccc2Br)nc2ccccc12. The summed E-state index contributed by atoms with van der Waals surface area (Å²) >= 11 is 5.21. The minimum Gasteiger partial charge on any atom is -0.326 e. The first-order valence-corrected chi connectivity index (χ1v) is 7.90. The minimum atomic E-state index is 0.520. The van der Waals surface area contributed by atoms with Crippen molar-refractivity contribution in [2.45, 2.75) is 16.5 Å². The van der Waals surface area contributed by atoms with E-state index < -0.39 is 0 Å². The van der Waals surface area contributed by atoms with Crippen molar-refractivity contribution in [2.24, 2.45) is 5.73 Å². The minimum absolute atomic E-state index is 0.520. The number of nitrogens with two attached hydrogens (primary N) is 1. The number of rotatable bonds is 3. The summed E-state index contributed by atoms with van der Waals surface area (Å²) in [6, 6.07) is 18.3. The number of fused-ring (bicyclic) bond motifs is 1. The van der Waals surface area contributed by atoms with Crippen molar-refractivity contribution >= 4 is 38.6 Å². The highest BCUT2D eigenvalue weighted by atomic mass is 79.9. The summed E-state index contributed by atoms with van der Waals surface area (Å²) < 4.78 is 1.08. The van der Waals surface area contributed by atoms with Gasteiger partial charge in [0.15, 0.2) is 0 Å². The van der Waals surface area contributed by atoms with Crippen molar-refractivity contribution in [3.63, 3.8) is 0 Å². The van der Waals surface area contributed by atoms with Crippen LogP contribution in [0.25, 0.3) is 10.9 Å². The fraction of sp³-hybridized carbons (Fsp3) is 0.0625. The Morgan fingerprint density at radius 1 is 1.05 bits per heavy atom. The van der Waals surface area contributed by atoms with E-state index in [1.165, 1.54) is 0 Å². The van der Waals surface area contributed by atoms with Crippen molar-refractivity contribution in [2.75, 3.05) is 0 Å². The summed E-state index contributed by atoms with van der Waals surface area (Å²) in [6.07, 6.45) is 0. The summed E-state index contributed by atoms with van der Waals surface area (Å²) in [5, 5.41) is 2.10. The molecule has 1 aromatic heterocycles. The molecule has 4 heteroatoms. The first kappa shape index (κ1) is 13.6. The van der Waals surface area contributed by atoms with E-state index >= 15 is 0 Å². The number of para-hydroxylation sites is 1.